The summed E-state index contributed by atoms with van der Waals surface area (Å²) in [6, 6.07) is 8.64. The van der Waals surface area contributed by atoms with Gasteiger partial charge in [0.1, 0.15) is 0 Å². The van der Waals surface area contributed by atoms with E-state index in [1.807, 2.05) is 0 Å². The summed E-state index contributed by atoms with van der Waals surface area (Å²) in [5.41, 5.74) is 4.35. The van der Waals surface area contributed by atoms with Crippen LogP contribution < -0.4 is 9.41 Å². The van der Waals surface area contributed by atoms with Gasteiger partial charge in [-0.15, -0.1) is 0 Å². The van der Waals surface area contributed by atoms with Crippen molar-refractivity contribution in [1.82, 2.24) is 0 Å². The molecule has 83 valence electrons. The van der Waals surface area contributed by atoms with Crippen LogP contribution in [0.15, 0.2) is 45.3 Å². The van der Waals surface area contributed by atoms with E-state index in [9.17, 15) is 0 Å². The molecule has 0 aliphatic heterocycles. The Morgan fingerprint density at radius 3 is 2.44 bits per heavy atom. The average molecular weight is 298 g/mol. The maximum absolute atomic E-state index is 2.36. The van der Waals surface area contributed by atoms with Crippen molar-refractivity contribution in [3.8, 4) is 0 Å². The minimum atomic E-state index is 0. The Bertz CT molecular complexity index is 408. The molecule has 0 atom stereocenters. The van der Waals surface area contributed by atoms with Gasteiger partial charge in [0.15, 0.2) is 0 Å². The predicted octanol–water partition coefficient (Wildman–Crippen LogP) is -2.69. The van der Waals surface area contributed by atoms with Gasteiger partial charge in [-0.3, -0.25) is 0 Å². The summed E-state index contributed by atoms with van der Waals surface area (Å²) in [5, 5.41) is 0. The van der Waals surface area contributed by atoms with E-state index in [0.717, 1.165) is 6.42 Å². The predicted molar refractivity (Wildman–Crippen MR) is 55.7 cm³/mol. The van der Waals surface area contributed by atoms with Gasteiger partial charge in [-0.05, 0) is 0 Å². The molecule has 2 rings (SSSR count). The van der Waals surface area contributed by atoms with E-state index < -0.39 is 0 Å². The first kappa shape index (κ1) is 15.4. The van der Waals surface area contributed by atoms with Gasteiger partial charge in [0.2, 0.25) is 0 Å². The number of aryl methyl sites for hydroxylation is 1. The molecule has 0 bridgehead atoms. The molecule has 1 aromatic carbocycles. The molecule has 0 radical (unpaired) electrons. The number of hydrogen-bond acceptors (Lipinski definition) is 0. The van der Waals surface area contributed by atoms with Gasteiger partial charge >= 0.3 is 101 Å². The van der Waals surface area contributed by atoms with Gasteiger partial charge in [0, 0.05) is 0 Å². The van der Waals surface area contributed by atoms with E-state index in [1.165, 1.54) is 23.1 Å². The van der Waals surface area contributed by atoms with Crippen LogP contribution in [0.1, 0.15) is 17.5 Å². The van der Waals surface area contributed by atoms with Crippen LogP contribution in [-0.4, -0.2) is 0 Å². The average Bonchev–Trinajstić information content (AvgIpc) is 2.56. The normalized spacial score (nSPS) is 13.4. The molecule has 3 heteroatoms. The van der Waals surface area contributed by atoms with Gasteiger partial charge < -0.3 is 9.41 Å². The van der Waals surface area contributed by atoms with Crippen molar-refractivity contribution in [3.63, 3.8) is 0 Å². The molecule has 1 aliphatic rings. The molecule has 0 unspecified atom stereocenters. The summed E-state index contributed by atoms with van der Waals surface area (Å²) >= 11 is 1.56. The van der Waals surface area contributed by atoms with Gasteiger partial charge in [0.25, 0.3) is 0 Å². The smallest absolute Gasteiger partial charge is 1.00 e. The molecular weight excluding hydrogens is 285 g/mol. The third-order valence-electron chi connectivity index (χ3n) is 2.60. The Kier molecular flexibility index (Phi) is 6.66. The van der Waals surface area contributed by atoms with Crippen molar-refractivity contribution in [2.24, 2.45) is 0 Å². The zero-order valence-electron chi connectivity index (χ0n) is 9.13. The summed E-state index contributed by atoms with van der Waals surface area (Å²) in [7, 11) is 0. The van der Waals surface area contributed by atoms with Gasteiger partial charge in [0.05, 0.1) is 0 Å². The monoisotopic (exact) mass is 297 g/mol. The van der Waals surface area contributed by atoms with Crippen LogP contribution in [0.3, 0.4) is 0 Å². The number of allylic oxidation sites excluding steroid dienone is 4. The Morgan fingerprint density at radius 1 is 1.19 bits per heavy atom. The van der Waals surface area contributed by atoms with E-state index in [-0.39, 0.29) is 9.41 Å². The van der Waals surface area contributed by atoms with E-state index >= 15 is 0 Å². The molecule has 0 heterocycles. The van der Waals surface area contributed by atoms with Crippen LogP contribution in [-0.2, 0) is 31.1 Å². The third-order valence-corrected chi connectivity index (χ3v) is 3.46. The maximum Gasteiger partial charge on any atom is -1.00 e. The van der Waals surface area contributed by atoms with Crippen LogP contribution in [0, 0.1) is 6.92 Å². The second-order valence-electron chi connectivity index (χ2n) is 3.76. The molecule has 0 saturated heterocycles. The van der Waals surface area contributed by atoms with Crippen LogP contribution >= 0.6 is 0 Å². The van der Waals surface area contributed by atoms with Crippen LogP contribution in [0.25, 0.3) is 0 Å². The molecule has 0 saturated carbocycles. The van der Waals surface area contributed by atoms with Gasteiger partial charge in [-0.1, -0.05) is 0 Å². The molecule has 0 aromatic heterocycles. The summed E-state index contributed by atoms with van der Waals surface area (Å²) in [5.74, 6) is 0. The molecule has 0 nitrogen and oxygen atoms in total. The molecule has 1 aromatic rings. The van der Waals surface area contributed by atoms with Gasteiger partial charge in [-0.2, -0.15) is 0 Å². The standard InChI is InChI=1S/C13H13.2FH.Zr/c1-11-6-2-5-9-13(11)10-12-7-3-4-8-12;;;/h2,5-9H,3,10H2,1H3;2*1H;/q;;;+2/p-2. The van der Waals surface area contributed by atoms with E-state index in [2.05, 4.69) is 43.3 Å². The summed E-state index contributed by atoms with van der Waals surface area (Å²) in [6.07, 6.45) is 6.99. The molecule has 1 aliphatic carbocycles. The molecule has 0 amide bonds. The largest absolute Gasteiger partial charge is 1.00 e. The Hall–Kier alpha value is -0.557. The van der Waals surface area contributed by atoms with E-state index in [1.54, 1.807) is 28.0 Å². The molecular formula is C13H13F2Zr. The van der Waals surface area contributed by atoms with Crippen LogP contribution in [0.5, 0.6) is 0 Å². The van der Waals surface area contributed by atoms with Crippen molar-refractivity contribution in [1.29, 1.82) is 0 Å². The number of hydrogen-bond donors (Lipinski definition) is 0. The zero-order chi connectivity index (χ0) is 9.97. The van der Waals surface area contributed by atoms with Crippen molar-refractivity contribution in [3.05, 3.63) is 56.4 Å². The number of rotatable bonds is 2. The first-order valence-electron chi connectivity index (χ1n) is 4.91. The Balaban J connectivity index is 0.00000112. The minimum absolute atomic E-state index is 0. The first-order valence-corrected chi connectivity index (χ1v) is 6.14. The minimum Gasteiger partial charge on any atom is -1.00 e. The summed E-state index contributed by atoms with van der Waals surface area (Å²) < 4.78 is 1.57. The quantitative estimate of drug-likeness (QED) is 0.558. The molecule has 0 fully saturated rings. The van der Waals surface area contributed by atoms with Crippen LogP contribution in [0.4, 0.5) is 0 Å². The van der Waals surface area contributed by atoms with Crippen LogP contribution in [0.2, 0.25) is 0 Å². The number of benzene rings is 1. The topological polar surface area (TPSA) is 0 Å². The SMILES string of the molecule is Cc1ccccc1CC1=CC[C]([Zr+2])=C1.[F-].[F-]. The summed E-state index contributed by atoms with van der Waals surface area (Å²) in [6.45, 7) is 2.19. The zero-order valence-corrected chi connectivity index (χ0v) is 11.6. The van der Waals surface area contributed by atoms with Crippen molar-refractivity contribution < 1.29 is 34.1 Å². The maximum atomic E-state index is 2.36. The molecule has 16 heavy (non-hydrogen) atoms. The Morgan fingerprint density at radius 2 is 1.88 bits per heavy atom. The molecule has 0 N–H and O–H groups in total. The van der Waals surface area contributed by atoms with Crippen molar-refractivity contribution in [2.75, 3.05) is 0 Å². The fourth-order valence-electron chi connectivity index (χ4n) is 1.73. The first-order chi connectivity index (χ1) is 6.75. The Labute approximate surface area is 110 Å². The second-order valence-corrected chi connectivity index (χ2v) is 5.33. The van der Waals surface area contributed by atoms with E-state index in [4.69, 9.17) is 0 Å². The van der Waals surface area contributed by atoms with Gasteiger partial charge in [-0.25, -0.2) is 0 Å². The molecule has 0 spiro atoms. The van der Waals surface area contributed by atoms with Crippen molar-refractivity contribution >= 4 is 0 Å². The van der Waals surface area contributed by atoms with Crippen molar-refractivity contribution in [2.45, 2.75) is 19.8 Å². The summed E-state index contributed by atoms with van der Waals surface area (Å²) in [4.78, 5) is 0. The number of halogens is 2. The van der Waals surface area contributed by atoms with E-state index in [0.29, 0.717) is 0 Å². The third kappa shape index (κ3) is 3.79. The fraction of sp³-hybridized carbons (Fsp3) is 0.231. The second kappa shape index (κ2) is 6.90. The fourth-order valence-corrected chi connectivity index (χ4v) is 2.44.